The second kappa shape index (κ2) is 12.3. The van der Waals surface area contributed by atoms with E-state index in [4.69, 9.17) is 4.74 Å². The minimum absolute atomic E-state index is 0.0837. The van der Waals surface area contributed by atoms with Crippen LogP contribution in [0.5, 0.6) is 0 Å². The molecule has 1 saturated heterocycles. The Bertz CT molecular complexity index is 1910. The number of benzene rings is 3. The molecule has 9 heteroatoms. The molecule has 3 heterocycles. The summed E-state index contributed by atoms with van der Waals surface area (Å²) in [6, 6.07) is 17.7. The molecule has 1 unspecified atom stereocenters. The first-order valence-corrected chi connectivity index (χ1v) is 15.1. The van der Waals surface area contributed by atoms with Crippen molar-refractivity contribution >= 4 is 33.8 Å². The van der Waals surface area contributed by atoms with Crippen molar-refractivity contribution in [3.05, 3.63) is 83.6 Å². The molecule has 2 atom stereocenters. The van der Waals surface area contributed by atoms with Crippen LogP contribution < -0.4 is 5.32 Å². The fraction of sp³-hybridized carbons (Fsp3) is 0.314. The smallest absolute Gasteiger partial charge is 0.407 e. The van der Waals surface area contributed by atoms with E-state index in [0.29, 0.717) is 6.54 Å². The lowest BCUT2D eigenvalue weighted by Crippen LogP contribution is -2.51. The first kappa shape index (κ1) is 29.0. The van der Waals surface area contributed by atoms with E-state index in [9.17, 15) is 9.59 Å². The fourth-order valence-corrected chi connectivity index (χ4v) is 5.79. The van der Waals surface area contributed by atoms with Crippen LogP contribution in [0.15, 0.2) is 60.8 Å². The van der Waals surface area contributed by atoms with Crippen LogP contribution in [-0.2, 0) is 16.0 Å². The van der Waals surface area contributed by atoms with Crippen LogP contribution in [0.1, 0.15) is 62.4 Å². The summed E-state index contributed by atoms with van der Waals surface area (Å²) >= 11 is 0. The predicted octanol–water partition coefficient (Wildman–Crippen LogP) is 6.11. The number of imidazole rings is 2. The summed E-state index contributed by atoms with van der Waals surface area (Å²) in [6.45, 7) is 6.52. The van der Waals surface area contributed by atoms with Crippen molar-refractivity contribution in [2.75, 3.05) is 13.7 Å². The lowest BCUT2D eigenvalue weighted by Gasteiger charge is -2.30. The Hall–Kier alpha value is -5.10. The molecule has 224 valence electrons. The van der Waals surface area contributed by atoms with Gasteiger partial charge in [-0.3, -0.25) is 4.79 Å². The number of nitrogens with zero attached hydrogens (tertiary/aromatic N) is 3. The van der Waals surface area contributed by atoms with Gasteiger partial charge in [0.15, 0.2) is 0 Å². The van der Waals surface area contributed by atoms with Crippen LogP contribution in [0.25, 0.3) is 33.1 Å². The van der Waals surface area contributed by atoms with Gasteiger partial charge < -0.3 is 24.9 Å². The van der Waals surface area contributed by atoms with Crippen molar-refractivity contribution in [1.29, 1.82) is 0 Å². The maximum Gasteiger partial charge on any atom is 0.407 e. The number of aryl methyl sites for hydroxylation is 1. The molecule has 6 rings (SSSR count). The molecule has 1 aliphatic rings. The summed E-state index contributed by atoms with van der Waals surface area (Å²) in [4.78, 5) is 43.2. The van der Waals surface area contributed by atoms with E-state index in [0.717, 1.165) is 75.1 Å². The number of amides is 2. The van der Waals surface area contributed by atoms with Crippen LogP contribution in [0.3, 0.4) is 0 Å². The van der Waals surface area contributed by atoms with Crippen LogP contribution in [0, 0.1) is 17.8 Å². The van der Waals surface area contributed by atoms with Gasteiger partial charge in [-0.1, -0.05) is 50.8 Å². The van der Waals surface area contributed by atoms with E-state index in [2.05, 4.69) is 74.3 Å². The fourth-order valence-electron chi connectivity index (χ4n) is 5.79. The van der Waals surface area contributed by atoms with Crippen molar-refractivity contribution in [1.82, 2.24) is 30.2 Å². The van der Waals surface area contributed by atoms with Crippen LogP contribution in [0.4, 0.5) is 4.79 Å². The number of alkyl carbamates (subject to hydrolysis) is 1. The molecule has 5 aromatic rings. The van der Waals surface area contributed by atoms with E-state index in [1.165, 1.54) is 7.11 Å². The number of likely N-dealkylation sites (tertiary alicyclic amines) is 1. The molecule has 3 aromatic carbocycles. The molecule has 2 amide bonds. The van der Waals surface area contributed by atoms with Crippen molar-refractivity contribution in [2.45, 2.75) is 52.1 Å². The summed E-state index contributed by atoms with van der Waals surface area (Å²) < 4.78 is 4.74. The lowest BCUT2D eigenvalue weighted by molar-refractivity contribution is -0.135. The number of rotatable bonds is 6. The van der Waals surface area contributed by atoms with Crippen LogP contribution in [0.2, 0.25) is 0 Å². The normalized spacial score (nSPS) is 15.4. The Morgan fingerprint density at radius 3 is 2.57 bits per heavy atom. The van der Waals surface area contributed by atoms with Crippen molar-refractivity contribution < 1.29 is 14.3 Å². The lowest BCUT2D eigenvalue weighted by atomic mass is 10.0. The van der Waals surface area contributed by atoms with E-state index in [1.54, 1.807) is 0 Å². The highest BCUT2D eigenvalue weighted by atomic mass is 16.5. The zero-order valence-corrected chi connectivity index (χ0v) is 25.4. The molecule has 0 bridgehead atoms. The van der Waals surface area contributed by atoms with Crippen molar-refractivity contribution in [3.8, 4) is 23.1 Å². The predicted molar refractivity (Wildman–Crippen MR) is 171 cm³/mol. The number of fused-ring (bicyclic) bond motifs is 2. The molecule has 3 N–H and O–H groups in total. The topological polar surface area (TPSA) is 116 Å². The van der Waals surface area contributed by atoms with Gasteiger partial charge in [0, 0.05) is 29.7 Å². The summed E-state index contributed by atoms with van der Waals surface area (Å²) in [6.07, 6.45) is 3.75. The average Bonchev–Trinajstić information content (AvgIpc) is 3.81. The molecular weight excluding hydrogens is 552 g/mol. The molecule has 0 radical (unpaired) electrons. The van der Waals surface area contributed by atoms with Crippen LogP contribution in [-0.4, -0.2) is 56.5 Å². The van der Waals surface area contributed by atoms with Gasteiger partial charge >= 0.3 is 6.09 Å². The highest BCUT2D eigenvalue weighted by molar-refractivity contribution is 5.88. The third kappa shape index (κ3) is 5.88. The Balaban J connectivity index is 1.19. The highest BCUT2D eigenvalue weighted by Gasteiger charge is 2.37. The van der Waals surface area contributed by atoms with Gasteiger partial charge in [0.1, 0.15) is 17.7 Å². The monoisotopic (exact) mass is 588 g/mol. The van der Waals surface area contributed by atoms with E-state index in [1.807, 2.05) is 49.2 Å². The van der Waals surface area contributed by atoms with E-state index < -0.39 is 12.1 Å². The highest BCUT2D eigenvalue weighted by Crippen LogP contribution is 2.33. The number of carbonyl (C=O) groups is 2. The molecule has 1 fully saturated rings. The Kier molecular flexibility index (Phi) is 8.07. The maximum absolute atomic E-state index is 13.5. The number of H-pyrrole nitrogens is 2. The van der Waals surface area contributed by atoms with Gasteiger partial charge in [-0.15, -0.1) is 0 Å². The number of carbonyl (C=O) groups excluding carboxylic acids is 2. The van der Waals surface area contributed by atoms with Gasteiger partial charge in [-0.05, 0) is 65.9 Å². The van der Waals surface area contributed by atoms with Gasteiger partial charge in [0.05, 0.1) is 36.1 Å². The second-order valence-corrected chi connectivity index (χ2v) is 11.5. The quantitative estimate of drug-likeness (QED) is 0.207. The third-order valence-corrected chi connectivity index (χ3v) is 8.21. The molecule has 9 nitrogen and oxygen atoms in total. The zero-order valence-electron chi connectivity index (χ0n) is 25.4. The zero-order chi connectivity index (χ0) is 30.8. The Morgan fingerprint density at radius 2 is 1.80 bits per heavy atom. The van der Waals surface area contributed by atoms with E-state index in [-0.39, 0.29) is 17.9 Å². The van der Waals surface area contributed by atoms with Gasteiger partial charge in [-0.25, -0.2) is 14.8 Å². The minimum atomic E-state index is -0.665. The van der Waals surface area contributed by atoms with Crippen molar-refractivity contribution in [2.24, 2.45) is 5.92 Å². The van der Waals surface area contributed by atoms with Crippen molar-refractivity contribution in [3.63, 3.8) is 0 Å². The SMILES string of the molecule is CCc1nc2ccc(C#Cc3ccc4cc(-c5cnc([C@@H]6CCCN6C(=O)C(NC(=O)OC)C(C)C)[nH]5)ccc4c3)cc2[nH]1. The number of hydrogen-bond donors (Lipinski definition) is 3. The second-order valence-electron chi connectivity index (χ2n) is 11.5. The molecule has 0 saturated carbocycles. The van der Waals surface area contributed by atoms with Gasteiger partial charge in [0.2, 0.25) is 5.91 Å². The number of ether oxygens (including phenoxy) is 1. The molecule has 1 aliphatic heterocycles. The Labute approximate surface area is 256 Å². The molecule has 2 aromatic heterocycles. The largest absolute Gasteiger partial charge is 0.453 e. The number of nitrogens with one attached hydrogen (secondary N) is 3. The minimum Gasteiger partial charge on any atom is -0.453 e. The van der Waals surface area contributed by atoms with Gasteiger partial charge in [0.25, 0.3) is 0 Å². The van der Waals surface area contributed by atoms with Gasteiger partial charge in [-0.2, -0.15) is 0 Å². The Morgan fingerprint density at radius 1 is 1.05 bits per heavy atom. The summed E-state index contributed by atoms with van der Waals surface area (Å²) in [7, 11) is 1.30. The number of aromatic amines is 2. The molecule has 0 aliphatic carbocycles. The summed E-state index contributed by atoms with van der Waals surface area (Å²) in [5.41, 5.74) is 5.75. The molecular formula is C35H36N6O3. The van der Waals surface area contributed by atoms with E-state index >= 15 is 0 Å². The third-order valence-electron chi connectivity index (χ3n) is 8.21. The molecule has 0 spiro atoms. The number of methoxy groups -OCH3 is 1. The van der Waals surface area contributed by atoms with Crippen LogP contribution >= 0.6 is 0 Å². The summed E-state index contributed by atoms with van der Waals surface area (Å²) in [5, 5.41) is 4.90. The number of aromatic nitrogens is 4. The number of hydrogen-bond acceptors (Lipinski definition) is 5. The molecule has 44 heavy (non-hydrogen) atoms. The standard InChI is InChI=1S/C35H36N6O3/c1-5-31-37-27-15-11-23(18-28(27)38-31)9-8-22-10-12-25-19-26(14-13-24(25)17-22)29-20-36-33(39-29)30-7-6-16-41(30)34(42)32(21(2)3)40-35(43)44-4/h10-15,17-21,30,32H,5-7,16H2,1-4H3,(H,36,39)(H,37,38)(H,40,43)/t30-,32?/m0/s1. The maximum atomic E-state index is 13.5. The summed E-state index contributed by atoms with van der Waals surface area (Å²) in [5.74, 6) is 8.10. The first-order valence-electron chi connectivity index (χ1n) is 15.1. The first-order chi connectivity index (χ1) is 21.3. The average molecular weight is 589 g/mol.